The molecule has 0 atom stereocenters. The summed E-state index contributed by atoms with van der Waals surface area (Å²) in [5.41, 5.74) is 1.43. The molecule has 22 heavy (non-hydrogen) atoms. The Morgan fingerprint density at radius 1 is 1.09 bits per heavy atom. The SMILES string of the molecule is O=C(Nc1ccc(Cl)cc1)c1cnoc1-c1ccc(F)cc1. The third-order valence-electron chi connectivity index (χ3n) is 3.02. The number of amides is 1. The molecule has 0 fully saturated rings. The fraction of sp³-hybridized carbons (Fsp3) is 0. The monoisotopic (exact) mass is 316 g/mol. The van der Waals surface area contributed by atoms with Gasteiger partial charge in [0.1, 0.15) is 11.4 Å². The maximum Gasteiger partial charge on any atom is 0.261 e. The van der Waals surface area contributed by atoms with Crippen molar-refractivity contribution in [3.05, 3.63) is 71.1 Å². The average molecular weight is 317 g/mol. The molecule has 3 aromatic rings. The van der Waals surface area contributed by atoms with Gasteiger partial charge in [-0.1, -0.05) is 16.8 Å². The fourth-order valence-corrected chi connectivity index (χ4v) is 2.07. The average Bonchev–Trinajstić information content (AvgIpc) is 3.00. The van der Waals surface area contributed by atoms with E-state index in [-0.39, 0.29) is 23.0 Å². The van der Waals surface area contributed by atoms with E-state index in [1.807, 2.05) is 0 Å². The highest BCUT2D eigenvalue weighted by molar-refractivity contribution is 6.30. The standard InChI is InChI=1S/C16H10ClFN2O2/c17-11-3-7-13(8-4-11)20-16(21)14-9-19-22-15(14)10-1-5-12(18)6-2-10/h1-9H,(H,20,21). The third-order valence-corrected chi connectivity index (χ3v) is 3.28. The largest absolute Gasteiger partial charge is 0.355 e. The summed E-state index contributed by atoms with van der Waals surface area (Å²) >= 11 is 5.80. The molecule has 0 bridgehead atoms. The molecule has 2 aromatic carbocycles. The maximum absolute atomic E-state index is 13.0. The van der Waals surface area contributed by atoms with Gasteiger partial charge in [0.25, 0.3) is 5.91 Å². The molecule has 6 heteroatoms. The van der Waals surface area contributed by atoms with Gasteiger partial charge in [0.15, 0.2) is 5.76 Å². The van der Waals surface area contributed by atoms with Gasteiger partial charge < -0.3 is 9.84 Å². The molecule has 1 heterocycles. The molecule has 110 valence electrons. The lowest BCUT2D eigenvalue weighted by molar-refractivity contribution is 0.102. The Balaban J connectivity index is 1.86. The first-order valence-corrected chi connectivity index (χ1v) is 6.79. The van der Waals surface area contributed by atoms with Crippen LogP contribution >= 0.6 is 11.6 Å². The predicted molar refractivity (Wildman–Crippen MR) is 81.3 cm³/mol. The van der Waals surface area contributed by atoms with Crippen LogP contribution in [0.2, 0.25) is 5.02 Å². The molecule has 0 unspecified atom stereocenters. The summed E-state index contributed by atoms with van der Waals surface area (Å²) in [5.74, 6) is -0.454. The number of nitrogens with one attached hydrogen (secondary N) is 1. The van der Waals surface area contributed by atoms with Crippen molar-refractivity contribution in [3.8, 4) is 11.3 Å². The van der Waals surface area contributed by atoms with E-state index in [4.69, 9.17) is 16.1 Å². The van der Waals surface area contributed by atoms with Crippen molar-refractivity contribution in [1.82, 2.24) is 5.16 Å². The summed E-state index contributed by atoms with van der Waals surface area (Å²) in [6.07, 6.45) is 1.32. The van der Waals surface area contributed by atoms with Crippen LogP contribution in [0.15, 0.2) is 59.3 Å². The van der Waals surface area contributed by atoms with Crippen molar-refractivity contribution >= 4 is 23.2 Å². The van der Waals surface area contributed by atoms with Gasteiger partial charge in [-0.05, 0) is 48.5 Å². The molecule has 0 aliphatic heterocycles. The van der Waals surface area contributed by atoms with Crippen LogP contribution in [0.4, 0.5) is 10.1 Å². The normalized spacial score (nSPS) is 10.5. The van der Waals surface area contributed by atoms with Crippen molar-refractivity contribution in [2.24, 2.45) is 0 Å². The minimum absolute atomic E-state index is 0.265. The summed E-state index contributed by atoms with van der Waals surface area (Å²) in [4.78, 5) is 12.3. The Morgan fingerprint density at radius 2 is 1.77 bits per heavy atom. The highest BCUT2D eigenvalue weighted by Crippen LogP contribution is 2.25. The Morgan fingerprint density at radius 3 is 2.45 bits per heavy atom. The molecule has 1 aromatic heterocycles. The second kappa shape index (κ2) is 5.99. The lowest BCUT2D eigenvalue weighted by Crippen LogP contribution is -2.11. The number of hydrogen-bond donors (Lipinski definition) is 1. The molecule has 0 aliphatic rings. The molecule has 0 saturated heterocycles. The smallest absolute Gasteiger partial charge is 0.261 e. The Labute approximate surface area is 130 Å². The van der Waals surface area contributed by atoms with Gasteiger partial charge in [-0.3, -0.25) is 4.79 Å². The predicted octanol–water partition coefficient (Wildman–Crippen LogP) is 4.39. The number of halogens is 2. The fourth-order valence-electron chi connectivity index (χ4n) is 1.94. The van der Waals surface area contributed by atoms with Crippen molar-refractivity contribution in [2.45, 2.75) is 0 Å². The Kier molecular flexibility index (Phi) is 3.89. The van der Waals surface area contributed by atoms with Crippen LogP contribution in [0.25, 0.3) is 11.3 Å². The van der Waals surface area contributed by atoms with E-state index in [9.17, 15) is 9.18 Å². The zero-order chi connectivity index (χ0) is 15.5. The Hall–Kier alpha value is -2.66. The lowest BCUT2D eigenvalue weighted by Gasteiger charge is -2.05. The van der Waals surface area contributed by atoms with Crippen LogP contribution in [0.1, 0.15) is 10.4 Å². The molecule has 1 N–H and O–H groups in total. The first-order valence-electron chi connectivity index (χ1n) is 6.41. The number of anilines is 1. The zero-order valence-electron chi connectivity index (χ0n) is 11.2. The van der Waals surface area contributed by atoms with Crippen molar-refractivity contribution < 1.29 is 13.7 Å². The van der Waals surface area contributed by atoms with Gasteiger partial charge in [-0.2, -0.15) is 0 Å². The molecule has 0 saturated carbocycles. The zero-order valence-corrected chi connectivity index (χ0v) is 12.0. The highest BCUT2D eigenvalue weighted by atomic mass is 35.5. The molecular weight excluding hydrogens is 307 g/mol. The van der Waals surface area contributed by atoms with Crippen LogP contribution in [0.5, 0.6) is 0 Å². The second-order valence-electron chi connectivity index (χ2n) is 4.54. The first-order chi connectivity index (χ1) is 10.6. The first kappa shape index (κ1) is 14.3. The van der Waals surface area contributed by atoms with E-state index >= 15 is 0 Å². The number of carbonyl (C=O) groups is 1. The van der Waals surface area contributed by atoms with Gasteiger partial charge in [-0.25, -0.2) is 4.39 Å². The number of nitrogens with zero attached hydrogens (tertiary/aromatic N) is 1. The number of rotatable bonds is 3. The van der Waals surface area contributed by atoms with Gasteiger partial charge in [0.2, 0.25) is 0 Å². The molecule has 1 amide bonds. The summed E-state index contributed by atoms with van der Waals surface area (Å²) in [5, 5.41) is 6.95. The van der Waals surface area contributed by atoms with Gasteiger partial charge in [-0.15, -0.1) is 0 Å². The summed E-state index contributed by atoms with van der Waals surface area (Å²) in [7, 11) is 0. The maximum atomic E-state index is 13.0. The van der Waals surface area contributed by atoms with Crippen molar-refractivity contribution in [1.29, 1.82) is 0 Å². The van der Waals surface area contributed by atoms with Gasteiger partial charge >= 0.3 is 0 Å². The van der Waals surface area contributed by atoms with E-state index < -0.39 is 0 Å². The summed E-state index contributed by atoms with van der Waals surface area (Å²) in [6.45, 7) is 0. The van der Waals surface area contributed by atoms with E-state index in [1.165, 1.54) is 30.5 Å². The lowest BCUT2D eigenvalue weighted by atomic mass is 10.1. The molecule has 3 rings (SSSR count). The van der Waals surface area contributed by atoms with Gasteiger partial charge in [0.05, 0.1) is 6.20 Å². The van der Waals surface area contributed by atoms with E-state index in [0.29, 0.717) is 16.3 Å². The van der Waals surface area contributed by atoms with Crippen LogP contribution in [0.3, 0.4) is 0 Å². The van der Waals surface area contributed by atoms with E-state index in [1.54, 1.807) is 24.3 Å². The number of hydrogen-bond acceptors (Lipinski definition) is 3. The van der Waals surface area contributed by atoms with Crippen molar-refractivity contribution in [2.75, 3.05) is 5.32 Å². The number of benzene rings is 2. The van der Waals surface area contributed by atoms with E-state index in [0.717, 1.165) is 0 Å². The molecule has 0 spiro atoms. The molecule has 0 radical (unpaired) electrons. The minimum atomic E-state index is -0.372. The van der Waals surface area contributed by atoms with E-state index in [2.05, 4.69) is 10.5 Å². The van der Waals surface area contributed by atoms with Crippen LogP contribution in [-0.4, -0.2) is 11.1 Å². The summed E-state index contributed by atoms with van der Waals surface area (Å²) < 4.78 is 18.1. The highest BCUT2D eigenvalue weighted by Gasteiger charge is 2.18. The van der Waals surface area contributed by atoms with Crippen molar-refractivity contribution in [3.63, 3.8) is 0 Å². The van der Waals surface area contributed by atoms with Gasteiger partial charge in [0, 0.05) is 16.3 Å². The minimum Gasteiger partial charge on any atom is -0.355 e. The quantitative estimate of drug-likeness (QED) is 0.779. The summed E-state index contributed by atoms with van der Waals surface area (Å²) in [6, 6.07) is 12.3. The van der Waals surface area contributed by atoms with Crippen LogP contribution in [-0.2, 0) is 0 Å². The Bertz CT molecular complexity index is 798. The topological polar surface area (TPSA) is 55.1 Å². The van der Waals surface area contributed by atoms with Crippen LogP contribution in [0, 0.1) is 5.82 Å². The molecule has 0 aliphatic carbocycles. The third kappa shape index (κ3) is 2.99. The molecular formula is C16H10ClFN2O2. The number of carbonyl (C=O) groups excluding carboxylic acids is 1. The molecule has 4 nitrogen and oxygen atoms in total. The van der Waals surface area contributed by atoms with Crippen LogP contribution < -0.4 is 5.32 Å². The number of aromatic nitrogens is 1. The second-order valence-corrected chi connectivity index (χ2v) is 4.97.